The van der Waals surface area contributed by atoms with Crippen molar-refractivity contribution in [3.63, 3.8) is 0 Å². The van der Waals surface area contributed by atoms with Gasteiger partial charge in [-0.2, -0.15) is 5.10 Å². The number of aliphatic imine (C=N–C) groups is 1. The highest BCUT2D eigenvalue weighted by Crippen LogP contribution is 2.14. The van der Waals surface area contributed by atoms with Crippen molar-refractivity contribution < 1.29 is 9.47 Å². The second-order valence-corrected chi connectivity index (χ2v) is 6.29. The summed E-state index contributed by atoms with van der Waals surface area (Å²) >= 11 is 0. The van der Waals surface area contributed by atoms with Crippen molar-refractivity contribution in [3.05, 3.63) is 11.6 Å². The summed E-state index contributed by atoms with van der Waals surface area (Å²) in [4.78, 5) is 9.20. The first-order valence-electron chi connectivity index (χ1n) is 8.86. The van der Waals surface area contributed by atoms with Crippen LogP contribution in [0.25, 0.3) is 0 Å². The molecule has 1 aromatic rings. The van der Waals surface area contributed by atoms with Crippen molar-refractivity contribution in [1.29, 1.82) is 0 Å². The fraction of sp³-hybridized carbons (Fsp3) is 0.812. The van der Waals surface area contributed by atoms with Crippen molar-refractivity contribution in [3.8, 4) is 0 Å². The average molecular weight is 336 g/mol. The Morgan fingerprint density at radius 1 is 1.46 bits per heavy atom. The van der Waals surface area contributed by atoms with Gasteiger partial charge < -0.3 is 20.1 Å². The molecule has 3 heterocycles. The third-order valence-electron chi connectivity index (χ3n) is 4.34. The van der Waals surface area contributed by atoms with Gasteiger partial charge in [0.05, 0.1) is 19.2 Å². The summed E-state index contributed by atoms with van der Waals surface area (Å²) in [5.41, 5.74) is 0. The molecule has 0 aromatic carbocycles. The van der Waals surface area contributed by atoms with Crippen molar-refractivity contribution >= 4 is 5.96 Å². The third-order valence-corrected chi connectivity index (χ3v) is 4.34. The average Bonchev–Trinajstić information content (AvgIpc) is 3.21. The fourth-order valence-corrected chi connectivity index (χ4v) is 3.16. The zero-order valence-corrected chi connectivity index (χ0v) is 14.6. The molecule has 134 valence electrons. The Kier molecular flexibility index (Phi) is 6.03. The second kappa shape index (κ2) is 8.43. The number of hydrogen-bond acceptors (Lipinski definition) is 5. The molecule has 0 amide bonds. The fourth-order valence-electron chi connectivity index (χ4n) is 3.16. The van der Waals surface area contributed by atoms with Gasteiger partial charge in [-0.3, -0.25) is 4.99 Å². The molecule has 0 spiro atoms. The smallest absolute Gasteiger partial charge is 0.191 e. The number of methoxy groups -OCH3 is 1. The molecule has 0 saturated carbocycles. The lowest BCUT2D eigenvalue weighted by atomic mass is 10.1. The number of fused-ring (bicyclic) bond motifs is 1. The van der Waals surface area contributed by atoms with E-state index in [4.69, 9.17) is 9.47 Å². The Bertz CT molecular complexity index is 553. The monoisotopic (exact) mass is 336 g/mol. The van der Waals surface area contributed by atoms with Gasteiger partial charge in [0.15, 0.2) is 11.8 Å². The minimum atomic E-state index is 0.269. The predicted molar refractivity (Wildman–Crippen MR) is 90.9 cm³/mol. The summed E-state index contributed by atoms with van der Waals surface area (Å²) in [6.07, 6.45) is 4.46. The summed E-state index contributed by atoms with van der Waals surface area (Å²) in [5, 5.41) is 11.4. The van der Waals surface area contributed by atoms with Crippen LogP contribution in [0.4, 0.5) is 0 Å². The lowest BCUT2D eigenvalue weighted by Gasteiger charge is -2.25. The predicted octanol–water partition coefficient (Wildman–Crippen LogP) is 0.473. The normalized spacial score (nSPS) is 24.0. The molecule has 2 aliphatic heterocycles. The van der Waals surface area contributed by atoms with Gasteiger partial charge in [0, 0.05) is 32.7 Å². The maximum atomic E-state index is 5.65. The van der Waals surface area contributed by atoms with E-state index in [1.807, 2.05) is 4.68 Å². The van der Waals surface area contributed by atoms with Crippen molar-refractivity contribution in [2.45, 2.75) is 57.9 Å². The van der Waals surface area contributed by atoms with Gasteiger partial charge in [-0.1, -0.05) is 0 Å². The Labute approximate surface area is 143 Å². The highest BCUT2D eigenvalue weighted by atomic mass is 16.5. The largest absolute Gasteiger partial charge is 0.377 e. The lowest BCUT2D eigenvalue weighted by Crippen LogP contribution is -2.47. The maximum absolute atomic E-state index is 5.65. The molecule has 2 N–H and O–H groups in total. The molecule has 0 bridgehead atoms. The number of aromatic nitrogens is 3. The number of nitrogens with zero attached hydrogens (tertiary/aromatic N) is 4. The summed E-state index contributed by atoms with van der Waals surface area (Å²) in [6.45, 7) is 5.77. The Hall–Kier alpha value is -1.67. The van der Waals surface area contributed by atoms with Gasteiger partial charge in [-0.15, -0.1) is 0 Å². The standard InChI is InChI=1S/C16H28N6O2/c1-3-17-16(18-9-13-5-4-8-24-13)19-12-6-7-15-20-14(11-23-2)21-22(15)10-12/h12-13H,3-11H2,1-2H3,(H2,17,18,19). The Balaban J connectivity index is 1.57. The van der Waals surface area contributed by atoms with E-state index in [9.17, 15) is 0 Å². The highest BCUT2D eigenvalue weighted by Gasteiger charge is 2.22. The molecule has 1 aromatic heterocycles. The van der Waals surface area contributed by atoms with Gasteiger partial charge in [-0.25, -0.2) is 9.67 Å². The van der Waals surface area contributed by atoms with Gasteiger partial charge in [0.25, 0.3) is 0 Å². The molecule has 1 fully saturated rings. The molecular weight excluding hydrogens is 308 g/mol. The molecule has 24 heavy (non-hydrogen) atoms. The van der Waals surface area contributed by atoms with Crippen LogP contribution in [0.2, 0.25) is 0 Å². The number of ether oxygens (including phenoxy) is 2. The highest BCUT2D eigenvalue weighted by molar-refractivity contribution is 5.80. The first-order chi connectivity index (χ1) is 11.8. The van der Waals surface area contributed by atoms with Crippen LogP contribution in [0, 0.1) is 0 Å². The van der Waals surface area contributed by atoms with Gasteiger partial charge >= 0.3 is 0 Å². The third kappa shape index (κ3) is 4.45. The number of nitrogens with one attached hydrogen (secondary N) is 2. The van der Waals surface area contributed by atoms with Crippen LogP contribution in [-0.2, 0) is 29.0 Å². The van der Waals surface area contributed by atoms with Gasteiger partial charge in [-0.05, 0) is 26.2 Å². The van der Waals surface area contributed by atoms with Crippen LogP contribution in [0.5, 0.6) is 0 Å². The van der Waals surface area contributed by atoms with Crippen molar-refractivity contribution in [1.82, 2.24) is 25.4 Å². The minimum Gasteiger partial charge on any atom is -0.377 e. The molecule has 3 rings (SSSR count). The number of guanidine groups is 1. The zero-order valence-electron chi connectivity index (χ0n) is 14.6. The van der Waals surface area contributed by atoms with Crippen LogP contribution in [0.1, 0.15) is 37.8 Å². The van der Waals surface area contributed by atoms with E-state index in [2.05, 4.69) is 32.6 Å². The molecule has 2 atom stereocenters. The maximum Gasteiger partial charge on any atom is 0.191 e. The first-order valence-corrected chi connectivity index (χ1v) is 8.86. The van der Waals surface area contributed by atoms with Gasteiger partial charge in [0.1, 0.15) is 12.4 Å². The van der Waals surface area contributed by atoms with Crippen LogP contribution in [-0.4, -0.2) is 59.7 Å². The molecule has 0 aliphatic carbocycles. The van der Waals surface area contributed by atoms with E-state index in [1.54, 1.807) is 7.11 Å². The van der Waals surface area contributed by atoms with E-state index in [-0.39, 0.29) is 6.10 Å². The van der Waals surface area contributed by atoms with E-state index in [0.29, 0.717) is 19.2 Å². The van der Waals surface area contributed by atoms with Crippen LogP contribution < -0.4 is 10.6 Å². The zero-order chi connectivity index (χ0) is 16.8. The van der Waals surface area contributed by atoms with Crippen LogP contribution in [0.15, 0.2) is 4.99 Å². The number of aryl methyl sites for hydroxylation is 1. The van der Waals surface area contributed by atoms with E-state index < -0.39 is 0 Å². The Morgan fingerprint density at radius 3 is 3.12 bits per heavy atom. The van der Waals surface area contributed by atoms with E-state index in [0.717, 1.165) is 63.0 Å². The molecule has 8 heteroatoms. The van der Waals surface area contributed by atoms with E-state index >= 15 is 0 Å². The molecule has 8 nitrogen and oxygen atoms in total. The van der Waals surface area contributed by atoms with Crippen molar-refractivity contribution in [2.75, 3.05) is 26.8 Å². The summed E-state index contributed by atoms with van der Waals surface area (Å²) < 4.78 is 12.7. The van der Waals surface area contributed by atoms with Crippen LogP contribution in [0.3, 0.4) is 0 Å². The first kappa shape index (κ1) is 17.2. The lowest BCUT2D eigenvalue weighted by molar-refractivity contribution is 0.117. The quantitative estimate of drug-likeness (QED) is 0.580. The number of rotatable bonds is 6. The molecule has 2 unspecified atom stereocenters. The SMILES string of the molecule is CCNC(=NCC1CCCO1)NC1CCc2nc(COC)nn2C1. The molecule has 2 aliphatic rings. The van der Waals surface area contributed by atoms with Gasteiger partial charge in [0.2, 0.25) is 0 Å². The minimum absolute atomic E-state index is 0.269. The molecule has 1 saturated heterocycles. The van der Waals surface area contributed by atoms with Crippen LogP contribution >= 0.6 is 0 Å². The Morgan fingerprint density at radius 2 is 2.38 bits per heavy atom. The van der Waals surface area contributed by atoms with Crippen molar-refractivity contribution in [2.24, 2.45) is 4.99 Å². The second-order valence-electron chi connectivity index (χ2n) is 6.29. The molecule has 0 radical (unpaired) electrons. The summed E-state index contributed by atoms with van der Waals surface area (Å²) in [6, 6.07) is 0.303. The topological polar surface area (TPSA) is 85.6 Å². The number of hydrogen-bond donors (Lipinski definition) is 2. The summed E-state index contributed by atoms with van der Waals surface area (Å²) in [7, 11) is 1.66. The summed E-state index contributed by atoms with van der Waals surface area (Å²) in [5.74, 6) is 2.66. The van der Waals surface area contributed by atoms with E-state index in [1.165, 1.54) is 0 Å². The molecular formula is C16H28N6O2.